The summed E-state index contributed by atoms with van der Waals surface area (Å²) in [5.74, 6) is -15.8. The second-order valence-electron chi connectivity index (χ2n) is 2.21. The summed E-state index contributed by atoms with van der Waals surface area (Å²) in [6.07, 6.45) is -6.61. The van der Waals surface area contributed by atoms with Crippen LogP contribution in [0.15, 0.2) is 0 Å². The van der Waals surface area contributed by atoms with E-state index in [0.717, 1.165) is 0 Å². The van der Waals surface area contributed by atoms with Gasteiger partial charge in [-0.1, -0.05) is 0 Å². The van der Waals surface area contributed by atoms with Crippen molar-refractivity contribution in [3.63, 3.8) is 0 Å². The van der Waals surface area contributed by atoms with Crippen molar-refractivity contribution in [3.8, 4) is 0 Å². The van der Waals surface area contributed by atoms with Gasteiger partial charge in [0.2, 0.25) is 0 Å². The summed E-state index contributed by atoms with van der Waals surface area (Å²) in [7, 11) is 0. The first kappa shape index (κ1) is 13.9. The van der Waals surface area contributed by atoms with E-state index in [2.05, 4.69) is 4.74 Å². The summed E-state index contributed by atoms with van der Waals surface area (Å²) < 4.78 is 85.8. The highest BCUT2D eigenvalue weighted by molar-refractivity contribution is 5.79. The zero-order valence-corrected chi connectivity index (χ0v) is 6.62. The first-order chi connectivity index (χ1) is 6.48. The minimum Gasteiger partial charge on any atom is -0.434 e. The predicted molar refractivity (Wildman–Crippen MR) is 29.1 cm³/mol. The minimum absolute atomic E-state index is 1.73. The molecule has 10 heteroatoms. The van der Waals surface area contributed by atoms with Crippen LogP contribution in [-0.2, 0) is 9.53 Å². The number of hydrogen-bond donors (Lipinski definition) is 1. The fraction of sp³-hybridized carbons (Fsp3) is 0.800. The number of carbonyl (C=O) groups excluding carboxylic acids is 1. The van der Waals surface area contributed by atoms with Crippen molar-refractivity contribution in [2.75, 3.05) is 6.79 Å². The zero-order chi connectivity index (χ0) is 12.5. The summed E-state index contributed by atoms with van der Waals surface area (Å²) >= 11 is 0. The van der Waals surface area contributed by atoms with Gasteiger partial charge in [0, 0.05) is 0 Å². The molecule has 90 valence electrons. The molecule has 0 aliphatic carbocycles. The minimum atomic E-state index is -6.61. The van der Waals surface area contributed by atoms with Crippen molar-refractivity contribution in [1.29, 1.82) is 0 Å². The van der Waals surface area contributed by atoms with Crippen molar-refractivity contribution in [2.45, 2.75) is 18.0 Å². The highest BCUT2D eigenvalue weighted by Crippen LogP contribution is 2.46. The lowest BCUT2D eigenvalue weighted by Crippen LogP contribution is -2.56. The second kappa shape index (κ2) is 3.83. The molecule has 1 N–H and O–H groups in total. The molecule has 0 saturated carbocycles. The maximum absolute atomic E-state index is 12.2. The van der Waals surface area contributed by atoms with Crippen LogP contribution in [0.5, 0.6) is 0 Å². The molecular weight excluding hydrogens is 241 g/mol. The molecule has 0 fully saturated rings. The van der Waals surface area contributed by atoms with Crippen LogP contribution in [0.4, 0.5) is 30.7 Å². The maximum atomic E-state index is 12.2. The third-order valence-corrected chi connectivity index (χ3v) is 1.20. The predicted octanol–water partition coefficient (Wildman–Crippen LogP) is 1.31. The van der Waals surface area contributed by atoms with Gasteiger partial charge >= 0.3 is 24.0 Å². The fourth-order valence-electron chi connectivity index (χ4n) is 0.455. The van der Waals surface area contributed by atoms with Crippen LogP contribution in [0.2, 0.25) is 0 Å². The van der Waals surface area contributed by atoms with Gasteiger partial charge < -0.3 is 9.84 Å². The van der Waals surface area contributed by atoms with Crippen molar-refractivity contribution in [3.05, 3.63) is 0 Å². The highest BCUT2D eigenvalue weighted by atomic mass is 19.4. The molecule has 15 heavy (non-hydrogen) atoms. The van der Waals surface area contributed by atoms with Crippen LogP contribution in [0, 0.1) is 0 Å². The number of rotatable bonds is 3. The lowest BCUT2D eigenvalue weighted by Gasteiger charge is -2.25. The zero-order valence-electron chi connectivity index (χ0n) is 6.62. The number of alkyl halides is 7. The number of esters is 1. The van der Waals surface area contributed by atoms with Crippen LogP contribution in [0.3, 0.4) is 0 Å². The van der Waals surface area contributed by atoms with Gasteiger partial charge in [-0.25, -0.2) is 4.79 Å². The van der Waals surface area contributed by atoms with Gasteiger partial charge in [-0.05, 0) is 0 Å². The second-order valence-corrected chi connectivity index (χ2v) is 2.21. The molecule has 0 aromatic heterocycles. The average molecular weight is 244 g/mol. The van der Waals surface area contributed by atoms with Crippen LogP contribution in [0.25, 0.3) is 0 Å². The Labute approximate surface area is 77.4 Å². The van der Waals surface area contributed by atoms with E-state index in [1.165, 1.54) is 0 Å². The number of aliphatic hydroxyl groups is 1. The van der Waals surface area contributed by atoms with E-state index in [-0.39, 0.29) is 0 Å². The summed E-state index contributed by atoms with van der Waals surface area (Å²) in [6.45, 7) is -1.73. The monoisotopic (exact) mass is 244 g/mol. The molecule has 0 rings (SSSR count). The molecule has 0 heterocycles. The van der Waals surface area contributed by atoms with Gasteiger partial charge in [-0.3, -0.25) is 0 Å². The average Bonchev–Trinajstić information content (AvgIpc) is 2.02. The fourth-order valence-corrected chi connectivity index (χ4v) is 0.455. The molecule has 3 nitrogen and oxygen atoms in total. The van der Waals surface area contributed by atoms with E-state index in [1.807, 2.05) is 0 Å². The standard InChI is InChI=1S/C5H3F7O3/c6-3(7,2(14)15-1-13)4(8,9)5(10,11)12/h13H,1H2. The Bertz CT molecular complexity index is 246. The quantitative estimate of drug-likeness (QED) is 0.462. The van der Waals surface area contributed by atoms with E-state index in [1.54, 1.807) is 0 Å². The third-order valence-electron chi connectivity index (χ3n) is 1.20. The van der Waals surface area contributed by atoms with Crippen molar-refractivity contribution in [1.82, 2.24) is 0 Å². The molecule has 0 amide bonds. The van der Waals surface area contributed by atoms with Gasteiger partial charge in [-0.15, -0.1) is 0 Å². The Balaban J connectivity index is 5.10. The number of ether oxygens (including phenoxy) is 1. The van der Waals surface area contributed by atoms with Crippen LogP contribution < -0.4 is 0 Å². The largest absolute Gasteiger partial charge is 0.460 e. The number of carbonyl (C=O) groups is 1. The lowest BCUT2D eigenvalue weighted by atomic mass is 10.1. The van der Waals surface area contributed by atoms with Gasteiger partial charge in [0.05, 0.1) is 0 Å². The molecule has 0 saturated heterocycles. The Kier molecular flexibility index (Phi) is 3.56. The number of aliphatic hydroxyl groups excluding tert-OH is 1. The summed E-state index contributed by atoms with van der Waals surface area (Å²) in [5.41, 5.74) is 0. The van der Waals surface area contributed by atoms with Crippen LogP contribution in [0.1, 0.15) is 0 Å². The van der Waals surface area contributed by atoms with E-state index in [4.69, 9.17) is 5.11 Å². The topological polar surface area (TPSA) is 46.5 Å². The molecular formula is C5H3F7O3. The third kappa shape index (κ3) is 2.30. The number of hydrogen-bond acceptors (Lipinski definition) is 3. The molecule has 0 aromatic rings. The Hall–Kier alpha value is -1.06. The van der Waals surface area contributed by atoms with Crippen molar-refractivity contribution < 1.29 is 45.4 Å². The molecule has 0 aliphatic heterocycles. The molecule has 0 aromatic carbocycles. The lowest BCUT2D eigenvalue weighted by molar-refractivity contribution is -0.349. The van der Waals surface area contributed by atoms with E-state index in [0.29, 0.717) is 0 Å². The van der Waals surface area contributed by atoms with Crippen LogP contribution in [-0.4, -0.2) is 35.9 Å². The molecule has 0 spiro atoms. The normalized spacial score (nSPS) is 13.9. The smallest absolute Gasteiger partial charge is 0.434 e. The summed E-state index contributed by atoms with van der Waals surface area (Å²) in [6, 6.07) is 0. The van der Waals surface area contributed by atoms with Crippen molar-refractivity contribution in [2.24, 2.45) is 0 Å². The molecule has 0 bridgehead atoms. The van der Waals surface area contributed by atoms with Crippen molar-refractivity contribution >= 4 is 5.97 Å². The highest BCUT2D eigenvalue weighted by Gasteiger charge is 2.77. The first-order valence-electron chi connectivity index (χ1n) is 3.09. The summed E-state index contributed by atoms with van der Waals surface area (Å²) in [4.78, 5) is 10.0. The Morgan fingerprint density at radius 2 is 1.47 bits per heavy atom. The first-order valence-corrected chi connectivity index (χ1v) is 3.09. The van der Waals surface area contributed by atoms with Gasteiger partial charge in [-0.2, -0.15) is 30.7 Å². The van der Waals surface area contributed by atoms with Gasteiger partial charge in [0.1, 0.15) is 0 Å². The van der Waals surface area contributed by atoms with E-state index < -0.39 is 30.8 Å². The Morgan fingerprint density at radius 1 is 1.07 bits per heavy atom. The van der Waals surface area contributed by atoms with E-state index >= 15 is 0 Å². The van der Waals surface area contributed by atoms with Gasteiger partial charge in [0.25, 0.3) is 0 Å². The molecule has 0 radical (unpaired) electrons. The Morgan fingerprint density at radius 3 is 1.73 bits per heavy atom. The molecule has 0 aliphatic rings. The summed E-state index contributed by atoms with van der Waals surface area (Å²) in [5, 5.41) is 7.77. The van der Waals surface area contributed by atoms with E-state index in [9.17, 15) is 35.5 Å². The van der Waals surface area contributed by atoms with Gasteiger partial charge in [0.15, 0.2) is 6.79 Å². The SMILES string of the molecule is O=C(OCO)C(F)(F)C(F)(F)C(F)(F)F. The van der Waals surface area contributed by atoms with Crippen LogP contribution >= 0.6 is 0 Å². The maximum Gasteiger partial charge on any atom is 0.460 e. The molecule has 0 unspecified atom stereocenters. The number of halogens is 7. The molecule has 0 atom stereocenters.